The third-order valence-electron chi connectivity index (χ3n) is 3.56. The van der Waals surface area contributed by atoms with Crippen LogP contribution in [0.3, 0.4) is 0 Å². The first-order chi connectivity index (χ1) is 12.1. The SMILES string of the molecule is CCOC(=O)C1=C(C)NC(=C(C#N)C#N)C(C#N)=C1c1ccccc1. The molecule has 6 heteroatoms. The Balaban J connectivity index is 2.87. The van der Waals surface area contributed by atoms with E-state index in [0.29, 0.717) is 16.8 Å². The highest BCUT2D eigenvalue weighted by Gasteiger charge is 2.31. The number of esters is 1. The van der Waals surface area contributed by atoms with Crippen molar-refractivity contribution in [3.8, 4) is 18.2 Å². The number of dihydropyridines is 1. The van der Waals surface area contributed by atoms with Crippen LogP contribution >= 0.6 is 0 Å². The molecule has 0 saturated carbocycles. The van der Waals surface area contributed by atoms with E-state index < -0.39 is 5.97 Å². The fraction of sp³-hybridized carbons (Fsp3) is 0.158. The Morgan fingerprint density at radius 1 is 1.16 bits per heavy atom. The number of hydrogen-bond donors (Lipinski definition) is 1. The van der Waals surface area contributed by atoms with Gasteiger partial charge in [-0.1, -0.05) is 30.3 Å². The van der Waals surface area contributed by atoms with Crippen LogP contribution in [0.5, 0.6) is 0 Å². The Hall–Kier alpha value is -3.82. The standard InChI is InChI=1S/C19H14N4O2/c1-3-25-19(24)16-12(2)23-18(14(9-20)10-21)15(11-22)17(16)13-7-5-4-6-8-13/h4-8,23H,3H2,1-2H3. The average Bonchev–Trinajstić information content (AvgIpc) is 2.63. The minimum Gasteiger partial charge on any atom is -0.462 e. The highest BCUT2D eigenvalue weighted by Crippen LogP contribution is 2.36. The fourth-order valence-corrected chi connectivity index (χ4v) is 2.54. The molecule has 1 heterocycles. The van der Waals surface area contributed by atoms with Crippen molar-refractivity contribution in [3.63, 3.8) is 0 Å². The van der Waals surface area contributed by atoms with Crippen LogP contribution < -0.4 is 5.32 Å². The number of hydrogen-bond acceptors (Lipinski definition) is 6. The second-order valence-corrected chi connectivity index (χ2v) is 5.05. The van der Waals surface area contributed by atoms with Crippen molar-refractivity contribution in [1.29, 1.82) is 15.8 Å². The van der Waals surface area contributed by atoms with Crippen molar-refractivity contribution in [2.45, 2.75) is 13.8 Å². The highest BCUT2D eigenvalue weighted by atomic mass is 16.5. The summed E-state index contributed by atoms with van der Waals surface area (Å²) in [6, 6.07) is 14.4. The van der Waals surface area contributed by atoms with Gasteiger partial charge in [0.2, 0.25) is 0 Å². The van der Waals surface area contributed by atoms with E-state index in [1.54, 1.807) is 50.3 Å². The number of carbonyl (C=O) groups is 1. The molecule has 0 aromatic heterocycles. The van der Waals surface area contributed by atoms with Crippen molar-refractivity contribution in [2.75, 3.05) is 6.61 Å². The zero-order chi connectivity index (χ0) is 18.4. The summed E-state index contributed by atoms with van der Waals surface area (Å²) in [7, 11) is 0. The van der Waals surface area contributed by atoms with Gasteiger partial charge < -0.3 is 10.1 Å². The molecular formula is C19H14N4O2. The highest BCUT2D eigenvalue weighted by molar-refractivity contribution is 6.10. The number of carbonyl (C=O) groups excluding carboxylic acids is 1. The summed E-state index contributed by atoms with van der Waals surface area (Å²) in [5.74, 6) is -0.575. The maximum Gasteiger partial charge on any atom is 0.340 e. The number of benzene rings is 1. The van der Waals surface area contributed by atoms with E-state index >= 15 is 0 Å². The minimum atomic E-state index is -0.575. The topological polar surface area (TPSA) is 110 Å². The first-order valence-corrected chi connectivity index (χ1v) is 7.49. The molecule has 1 aromatic carbocycles. The van der Waals surface area contributed by atoms with Gasteiger partial charge in [0.05, 0.1) is 23.5 Å². The molecule has 0 unspecified atom stereocenters. The van der Waals surface area contributed by atoms with Crippen LogP contribution in [-0.4, -0.2) is 12.6 Å². The number of ether oxygens (including phenoxy) is 1. The first kappa shape index (κ1) is 17.5. The second-order valence-electron chi connectivity index (χ2n) is 5.05. The van der Waals surface area contributed by atoms with Crippen molar-refractivity contribution in [1.82, 2.24) is 5.32 Å². The maximum atomic E-state index is 12.5. The van der Waals surface area contributed by atoms with Gasteiger partial charge in [-0.15, -0.1) is 0 Å². The van der Waals surface area contributed by atoms with E-state index in [9.17, 15) is 20.6 Å². The molecule has 0 amide bonds. The van der Waals surface area contributed by atoms with Gasteiger partial charge in [0.25, 0.3) is 0 Å². The lowest BCUT2D eigenvalue weighted by molar-refractivity contribution is -0.138. The van der Waals surface area contributed by atoms with Gasteiger partial charge in [-0.25, -0.2) is 4.79 Å². The zero-order valence-corrected chi connectivity index (χ0v) is 13.8. The lowest BCUT2D eigenvalue weighted by atomic mass is 9.87. The molecule has 2 rings (SSSR count). The molecule has 0 fully saturated rings. The number of allylic oxidation sites excluding steroid dienone is 3. The average molecular weight is 330 g/mol. The van der Waals surface area contributed by atoms with Crippen LogP contribution in [0.2, 0.25) is 0 Å². The Labute approximate surface area is 145 Å². The number of nitrogens with one attached hydrogen (secondary N) is 1. The molecular weight excluding hydrogens is 316 g/mol. The molecule has 1 N–H and O–H groups in total. The van der Waals surface area contributed by atoms with Crippen molar-refractivity contribution in [2.24, 2.45) is 0 Å². The molecule has 0 saturated heterocycles. The summed E-state index contributed by atoms with van der Waals surface area (Å²) in [5, 5.41) is 30.9. The Morgan fingerprint density at radius 3 is 2.32 bits per heavy atom. The smallest absolute Gasteiger partial charge is 0.340 e. The van der Waals surface area contributed by atoms with Crippen LogP contribution in [0.15, 0.2) is 58.4 Å². The van der Waals surface area contributed by atoms with Crippen molar-refractivity contribution in [3.05, 3.63) is 64.0 Å². The summed E-state index contributed by atoms with van der Waals surface area (Å²) in [6.45, 7) is 3.51. The third kappa shape index (κ3) is 3.27. The molecule has 0 atom stereocenters. The van der Waals surface area contributed by atoms with Crippen molar-refractivity contribution < 1.29 is 9.53 Å². The summed E-state index contributed by atoms with van der Waals surface area (Å²) in [5.41, 5.74) is 1.51. The predicted molar refractivity (Wildman–Crippen MR) is 89.7 cm³/mol. The normalized spacial score (nSPS) is 13.3. The van der Waals surface area contributed by atoms with Gasteiger partial charge in [0.1, 0.15) is 18.2 Å². The van der Waals surface area contributed by atoms with E-state index in [4.69, 9.17) is 4.74 Å². The summed E-state index contributed by atoms with van der Waals surface area (Å²) in [4.78, 5) is 12.5. The molecule has 1 aliphatic rings. The van der Waals surface area contributed by atoms with Crippen LogP contribution in [0.4, 0.5) is 0 Å². The Morgan fingerprint density at radius 2 is 1.80 bits per heavy atom. The molecule has 1 aliphatic heterocycles. The molecule has 6 nitrogen and oxygen atoms in total. The molecule has 0 bridgehead atoms. The quantitative estimate of drug-likeness (QED) is 0.674. The predicted octanol–water partition coefficient (Wildman–Crippen LogP) is 2.71. The Kier molecular flexibility index (Phi) is 5.36. The van der Waals surface area contributed by atoms with Gasteiger partial charge in [-0.2, -0.15) is 15.8 Å². The van der Waals surface area contributed by atoms with E-state index in [2.05, 4.69) is 5.32 Å². The zero-order valence-electron chi connectivity index (χ0n) is 13.8. The molecule has 0 radical (unpaired) electrons. The minimum absolute atomic E-state index is 0.0537. The van der Waals surface area contributed by atoms with E-state index in [0.717, 1.165) is 0 Å². The van der Waals surface area contributed by atoms with Gasteiger partial charge in [0.15, 0.2) is 5.57 Å². The van der Waals surface area contributed by atoms with E-state index in [1.807, 2.05) is 12.1 Å². The lowest BCUT2D eigenvalue weighted by Gasteiger charge is -2.24. The van der Waals surface area contributed by atoms with Crippen LogP contribution in [0, 0.1) is 34.0 Å². The molecule has 0 aliphatic carbocycles. The van der Waals surface area contributed by atoms with Crippen LogP contribution in [0.1, 0.15) is 19.4 Å². The van der Waals surface area contributed by atoms with E-state index in [-0.39, 0.29) is 29.0 Å². The van der Waals surface area contributed by atoms with Crippen LogP contribution in [0.25, 0.3) is 5.57 Å². The lowest BCUT2D eigenvalue weighted by Crippen LogP contribution is -2.26. The van der Waals surface area contributed by atoms with Crippen molar-refractivity contribution >= 4 is 11.5 Å². The number of nitriles is 3. The van der Waals surface area contributed by atoms with Gasteiger partial charge >= 0.3 is 5.97 Å². The summed E-state index contributed by atoms with van der Waals surface area (Å²) in [6.07, 6.45) is 0. The van der Waals surface area contributed by atoms with Gasteiger partial charge in [-0.3, -0.25) is 0 Å². The monoisotopic (exact) mass is 330 g/mol. The maximum absolute atomic E-state index is 12.5. The molecule has 122 valence electrons. The Bertz CT molecular complexity index is 916. The molecule has 1 aromatic rings. The fourth-order valence-electron chi connectivity index (χ4n) is 2.54. The second kappa shape index (κ2) is 7.64. The third-order valence-corrected chi connectivity index (χ3v) is 3.56. The van der Waals surface area contributed by atoms with Gasteiger partial charge in [-0.05, 0) is 19.4 Å². The number of nitrogens with zero attached hydrogens (tertiary/aromatic N) is 3. The summed E-state index contributed by atoms with van der Waals surface area (Å²) < 4.78 is 5.12. The molecule has 25 heavy (non-hydrogen) atoms. The van der Waals surface area contributed by atoms with Crippen LogP contribution in [-0.2, 0) is 9.53 Å². The summed E-state index contributed by atoms with van der Waals surface area (Å²) >= 11 is 0. The van der Waals surface area contributed by atoms with E-state index in [1.165, 1.54) is 0 Å². The van der Waals surface area contributed by atoms with Gasteiger partial charge in [0, 0.05) is 11.3 Å². The first-order valence-electron chi connectivity index (χ1n) is 7.49. The number of rotatable bonds is 3. The largest absolute Gasteiger partial charge is 0.462 e. The molecule has 0 spiro atoms.